The molecule has 0 saturated carbocycles. The maximum Gasteiger partial charge on any atom is 0.227 e. The molecule has 0 unspecified atom stereocenters. The summed E-state index contributed by atoms with van der Waals surface area (Å²) >= 11 is 0. The fourth-order valence-electron chi connectivity index (χ4n) is 4.11. The van der Waals surface area contributed by atoms with Crippen LogP contribution in [0.3, 0.4) is 0 Å². The molecule has 1 aromatic rings. The molecule has 0 N–H and O–H groups in total. The number of hydrogen-bond acceptors (Lipinski definition) is 6. The predicted octanol–water partition coefficient (Wildman–Crippen LogP) is 2.49. The van der Waals surface area contributed by atoms with E-state index in [2.05, 4.69) is 16.9 Å². The Morgan fingerprint density at radius 2 is 2.04 bits per heavy atom. The molecule has 3 heterocycles. The number of aromatic nitrogens is 2. The van der Waals surface area contributed by atoms with E-state index in [9.17, 15) is 8.42 Å². The Morgan fingerprint density at radius 3 is 2.71 bits per heavy atom. The Morgan fingerprint density at radius 1 is 1.25 bits per heavy atom. The molecule has 7 nitrogen and oxygen atoms in total. The predicted molar refractivity (Wildman–Crippen MR) is 108 cm³/mol. The summed E-state index contributed by atoms with van der Waals surface area (Å²) < 4.78 is 38.5. The van der Waals surface area contributed by atoms with E-state index in [-0.39, 0.29) is 17.0 Å². The summed E-state index contributed by atoms with van der Waals surface area (Å²) in [7, 11) is -1.26. The van der Waals surface area contributed by atoms with E-state index in [1.807, 2.05) is 11.5 Å². The lowest BCUT2D eigenvalue weighted by molar-refractivity contribution is 0.0606. The van der Waals surface area contributed by atoms with E-state index in [4.69, 9.17) is 9.47 Å². The summed E-state index contributed by atoms with van der Waals surface area (Å²) in [5, 5.41) is 0.206. The van der Waals surface area contributed by atoms with Gasteiger partial charge in [-0.3, -0.25) is 0 Å². The van der Waals surface area contributed by atoms with Crippen LogP contribution in [0.5, 0.6) is 0 Å². The third-order valence-electron chi connectivity index (χ3n) is 5.75. The topological polar surface area (TPSA) is 73.7 Å². The van der Waals surface area contributed by atoms with Gasteiger partial charge in [0.05, 0.1) is 30.3 Å². The van der Waals surface area contributed by atoms with E-state index < -0.39 is 9.84 Å². The summed E-state index contributed by atoms with van der Waals surface area (Å²) in [6.45, 7) is 6.66. The Kier molecular flexibility index (Phi) is 7.91. The molecule has 0 amide bonds. The Hall–Kier alpha value is -0.960. The van der Waals surface area contributed by atoms with Crippen LogP contribution in [0.1, 0.15) is 51.1 Å². The summed E-state index contributed by atoms with van der Waals surface area (Å²) in [6.07, 6.45) is 7.87. The highest BCUT2D eigenvalue weighted by Crippen LogP contribution is 2.22. The van der Waals surface area contributed by atoms with E-state index >= 15 is 0 Å². The Labute approximate surface area is 169 Å². The van der Waals surface area contributed by atoms with Crippen molar-refractivity contribution in [3.05, 3.63) is 11.9 Å². The lowest BCUT2D eigenvalue weighted by atomic mass is 9.96. The van der Waals surface area contributed by atoms with Gasteiger partial charge in [-0.25, -0.2) is 13.4 Å². The first-order valence-corrected chi connectivity index (χ1v) is 12.3. The summed E-state index contributed by atoms with van der Waals surface area (Å²) in [5.74, 6) is 0.864. The molecule has 2 saturated heterocycles. The largest absolute Gasteiger partial charge is 0.381 e. The minimum Gasteiger partial charge on any atom is -0.381 e. The molecule has 0 spiro atoms. The molecule has 28 heavy (non-hydrogen) atoms. The quantitative estimate of drug-likeness (QED) is 0.587. The first-order valence-electron chi connectivity index (χ1n) is 10.6. The number of nitrogens with zero attached hydrogens (tertiary/aromatic N) is 3. The van der Waals surface area contributed by atoms with Gasteiger partial charge in [-0.15, -0.1) is 0 Å². The minimum atomic E-state index is -3.36. The molecule has 2 aliphatic rings. The molecule has 0 aliphatic carbocycles. The van der Waals surface area contributed by atoms with Crippen molar-refractivity contribution in [2.24, 2.45) is 5.92 Å². The number of sulfone groups is 1. The van der Waals surface area contributed by atoms with Crippen molar-refractivity contribution in [1.82, 2.24) is 14.5 Å². The zero-order chi connectivity index (χ0) is 20.0. The van der Waals surface area contributed by atoms with Crippen LogP contribution in [0.25, 0.3) is 0 Å². The Bertz CT molecular complexity index is 707. The summed E-state index contributed by atoms with van der Waals surface area (Å²) in [6, 6.07) is 0. The number of rotatable bonds is 10. The fourth-order valence-corrected chi connectivity index (χ4v) is 5.57. The van der Waals surface area contributed by atoms with Crippen LogP contribution >= 0.6 is 0 Å². The minimum absolute atomic E-state index is 0.0797. The summed E-state index contributed by atoms with van der Waals surface area (Å²) in [4.78, 5) is 6.60. The van der Waals surface area contributed by atoms with E-state index in [0.717, 1.165) is 70.1 Å². The Balaban J connectivity index is 1.68. The zero-order valence-electron chi connectivity index (χ0n) is 17.3. The number of imidazole rings is 1. The van der Waals surface area contributed by atoms with Crippen LogP contribution in [-0.2, 0) is 32.4 Å². The molecule has 0 radical (unpaired) electrons. The summed E-state index contributed by atoms with van der Waals surface area (Å²) in [5.41, 5.74) is 0.958. The number of ether oxygens (including phenoxy) is 2. The van der Waals surface area contributed by atoms with Gasteiger partial charge >= 0.3 is 0 Å². The molecule has 2 fully saturated rings. The molecule has 3 rings (SSSR count). The molecule has 160 valence electrons. The number of hydrogen-bond donors (Lipinski definition) is 0. The molecule has 0 bridgehead atoms. The van der Waals surface area contributed by atoms with Crippen LogP contribution in [0.4, 0.5) is 0 Å². The fraction of sp³-hybridized carbons (Fsp3) is 0.850. The molecular formula is C20H35N3O4S. The smallest absolute Gasteiger partial charge is 0.227 e. The molecule has 0 aromatic carbocycles. The lowest BCUT2D eigenvalue weighted by Crippen LogP contribution is -2.27. The standard InChI is InChI=1S/C20H35N3O4S/c1-3-13-28(24,25)20-21-14-18(23(20)16-19-5-4-10-27-19)15-22(2)9-6-17-7-11-26-12-8-17/h14,17,19H,3-13,15-16H2,1-2H3/t19-/m0/s1. The van der Waals surface area contributed by atoms with Gasteiger partial charge in [-0.1, -0.05) is 6.92 Å². The monoisotopic (exact) mass is 413 g/mol. The van der Waals surface area contributed by atoms with Crippen LogP contribution in [0.2, 0.25) is 0 Å². The first-order chi connectivity index (χ1) is 13.5. The molecule has 8 heteroatoms. The SMILES string of the molecule is CCCS(=O)(=O)c1ncc(CN(C)CCC2CCOCC2)n1C[C@@H]1CCCO1. The van der Waals surface area contributed by atoms with Gasteiger partial charge in [0.15, 0.2) is 0 Å². The van der Waals surface area contributed by atoms with Gasteiger partial charge in [-0.2, -0.15) is 0 Å². The average Bonchev–Trinajstić information content (AvgIpc) is 3.32. The highest BCUT2D eigenvalue weighted by Gasteiger charge is 2.26. The molecule has 1 atom stereocenters. The van der Waals surface area contributed by atoms with Crippen molar-refractivity contribution in [3.63, 3.8) is 0 Å². The van der Waals surface area contributed by atoms with Crippen LogP contribution in [0.15, 0.2) is 11.4 Å². The van der Waals surface area contributed by atoms with Crippen LogP contribution < -0.4 is 0 Å². The second kappa shape index (κ2) is 10.2. The van der Waals surface area contributed by atoms with E-state index in [1.165, 1.54) is 0 Å². The van der Waals surface area contributed by atoms with Gasteiger partial charge in [0.2, 0.25) is 15.0 Å². The second-order valence-electron chi connectivity index (χ2n) is 8.18. The van der Waals surface area contributed by atoms with Crippen LogP contribution in [0, 0.1) is 5.92 Å². The lowest BCUT2D eigenvalue weighted by Gasteiger charge is -2.25. The average molecular weight is 414 g/mol. The van der Waals surface area contributed by atoms with E-state index in [0.29, 0.717) is 19.5 Å². The van der Waals surface area contributed by atoms with Gasteiger partial charge < -0.3 is 18.9 Å². The first kappa shape index (κ1) is 21.7. The van der Waals surface area contributed by atoms with Gasteiger partial charge in [0.25, 0.3) is 0 Å². The third kappa shape index (κ3) is 5.78. The maximum absolute atomic E-state index is 12.7. The van der Waals surface area contributed by atoms with Gasteiger partial charge in [-0.05, 0) is 58.0 Å². The second-order valence-corrected chi connectivity index (χ2v) is 10.2. The van der Waals surface area contributed by atoms with Crippen LogP contribution in [-0.4, -0.2) is 68.1 Å². The molecule has 1 aromatic heterocycles. The molecule has 2 aliphatic heterocycles. The highest BCUT2D eigenvalue weighted by molar-refractivity contribution is 7.91. The molecular weight excluding hydrogens is 378 g/mol. The van der Waals surface area contributed by atoms with Crippen molar-refractivity contribution in [2.75, 3.05) is 39.2 Å². The van der Waals surface area contributed by atoms with Crippen molar-refractivity contribution in [2.45, 2.75) is 69.8 Å². The van der Waals surface area contributed by atoms with E-state index in [1.54, 1.807) is 6.20 Å². The zero-order valence-corrected chi connectivity index (χ0v) is 18.1. The highest BCUT2D eigenvalue weighted by atomic mass is 32.2. The van der Waals surface area contributed by atoms with Crippen molar-refractivity contribution in [3.8, 4) is 0 Å². The normalized spacial score (nSPS) is 21.6. The third-order valence-corrected chi connectivity index (χ3v) is 7.58. The van der Waals surface area contributed by atoms with Gasteiger partial charge in [0, 0.05) is 26.4 Å². The van der Waals surface area contributed by atoms with Crippen molar-refractivity contribution in [1.29, 1.82) is 0 Å². The van der Waals surface area contributed by atoms with Crippen molar-refractivity contribution < 1.29 is 17.9 Å². The maximum atomic E-state index is 12.7. The van der Waals surface area contributed by atoms with Crippen molar-refractivity contribution >= 4 is 9.84 Å². The van der Waals surface area contributed by atoms with Gasteiger partial charge in [0.1, 0.15) is 0 Å².